The molecule has 0 saturated heterocycles. The molecule has 2 aromatic rings. The van der Waals surface area contributed by atoms with Gasteiger partial charge in [0, 0.05) is 29.7 Å². The van der Waals surface area contributed by atoms with Gasteiger partial charge in [-0.05, 0) is 19.1 Å². The Morgan fingerprint density at radius 2 is 2.11 bits per heavy atom. The number of hydrogen-bond donors (Lipinski definition) is 2. The monoisotopic (exact) mass is 274 g/mol. The van der Waals surface area contributed by atoms with Gasteiger partial charge in [-0.3, -0.25) is 5.41 Å². The summed E-state index contributed by atoms with van der Waals surface area (Å²) in [4.78, 5) is 6.70. The van der Waals surface area contributed by atoms with Crippen LogP contribution in [0.3, 0.4) is 0 Å². The number of nitrogens with zero attached hydrogens (tertiary/aromatic N) is 2. The van der Waals surface area contributed by atoms with E-state index in [0.29, 0.717) is 6.42 Å². The Morgan fingerprint density at radius 1 is 1.37 bits per heavy atom. The van der Waals surface area contributed by atoms with E-state index < -0.39 is 0 Å². The van der Waals surface area contributed by atoms with E-state index in [-0.39, 0.29) is 5.84 Å². The van der Waals surface area contributed by atoms with Gasteiger partial charge in [-0.25, -0.2) is 4.98 Å². The lowest BCUT2D eigenvalue weighted by Crippen LogP contribution is -2.27. The maximum Gasteiger partial charge on any atom is 0.112 e. The van der Waals surface area contributed by atoms with Crippen LogP contribution in [0.15, 0.2) is 35.7 Å². The molecule has 0 aliphatic heterocycles. The zero-order chi connectivity index (χ0) is 13.7. The zero-order valence-corrected chi connectivity index (χ0v) is 11.8. The summed E-state index contributed by atoms with van der Waals surface area (Å²) >= 11 is 1.67. The van der Waals surface area contributed by atoms with Crippen molar-refractivity contribution in [1.29, 1.82) is 5.41 Å². The lowest BCUT2D eigenvalue weighted by molar-refractivity contribution is 0.795. The van der Waals surface area contributed by atoms with Crippen molar-refractivity contribution in [2.75, 3.05) is 11.4 Å². The molecule has 4 nitrogen and oxygen atoms in total. The molecule has 0 saturated carbocycles. The van der Waals surface area contributed by atoms with Crippen molar-refractivity contribution in [1.82, 2.24) is 4.98 Å². The molecule has 0 fully saturated rings. The highest BCUT2D eigenvalue weighted by atomic mass is 32.1. The normalized spacial score (nSPS) is 10.4. The summed E-state index contributed by atoms with van der Waals surface area (Å²) in [6.45, 7) is 3.50. The van der Waals surface area contributed by atoms with Crippen LogP contribution in [0.2, 0.25) is 0 Å². The topological polar surface area (TPSA) is 66.0 Å². The number of benzene rings is 1. The van der Waals surface area contributed by atoms with Crippen molar-refractivity contribution < 1.29 is 0 Å². The molecule has 0 radical (unpaired) electrons. The van der Waals surface area contributed by atoms with Gasteiger partial charge in [0.25, 0.3) is 0 Å². The molecule has 100 valence electrons. The first-order valence-corrected chi connectivity index (χ1v) is 7.07. The molecule has 5 heteroatoms. The van der Waals surface area contributed by atoms with E-state index in [2.05, 4.69) is 27.4 Å². The molecule has 2 rings (SSSR count). The first-order chi connectivity index (χ1) is 9.15. The number of amidine groups is 1. The number of thiazole rings is 1. The summed E-state index contributed by atoms with van der Waals surface area (Å²) < 4.78 is 0. The molecule has 1 heterocycles. The second-order valence-electron chi connectivity index (χ2n) is 4.41. The quantitative estimate of drug-likeness (QED) is 0.629. The average Bonchev–Trinajstić information content (AvgIpc) is 2.81. The highest BCUT2D eigenvalue weighted by Gasteiger charge is 2.09. The third kappa shape index (κ3) is 4.06. The van der Waals surface area contributed by atoms with Gasteiger partial charge in [-0.15, -0.1) is 11.3 Å². The third-order valence-corrected chi connectivity index (χ3v) is 3.72. The Morgan fingerprint density at radius 3 is 2.68 bits per heavy atom. The van der Waals surface area contributed by atoms with Gasteiger partial charge < -0.3 is 10.6 Å². The van der Waals surface area contributed by atoms with E-state index in [4.69, 9.17) is 11.1 Å². The van der Waals surface area contributed by atoms with Crippen LogP contribution in [-0.4, -0.2) is 17.4 Å². The fourth-order valence-corrected chi connectivity index (χ4v) is 2.62. The van der Waals surface area contributed by atoms with Crippen LogP contribution in [0, 0.1) is 12.3 Å². The number of nitrogens with one attached hydrogen (secondary N) is 1. The first kappa shape index (κ1) is 13.5. The second-order valence-corrected chi connectivity index (χ2v) is 5.36. The molecule has 3 N–H and O–H groups in total. The Kier molecular flexibility index (Phi) is 4.52. The predicted octanol–water partition coefficient (Wildman–Crippen LogP) is 2.78. The van der Waals surface area contributed by atoms with Crippen molar-refractivity contribution in [3.8, 4) is 0 Å². The van der Waals surface area contributed by atoms with E-state index in [9.17, 15) is 0 Å². The summed E-state index contributed by atoms with van der Waals surface area (Å²) in [7, 11) is 0. The predicted molar refractivity (Wildman–Crippen MR) is 80.9 cm³/mol. The lowest BCUT2D eigenvalue weighted by Gasteiger charge is -2.23. The largest absolute Gasteiger partial charge is 0.388 e. The number of hydrogen-bond acceptors (Lipinski definition) is 4. The van der Waals surface area contributed by atoms with Gasteiger partial charge in [0.05, 0.1) is 12.4 Å². The minimum absolute atomic E-state index is 0.219. The SMILES string of the molecule is Cc1csc(CN(CCC(=N)N)c2ccccc2)n1. The number of aryl methyl sites for hydroxylation is 1. The second kappa shape index (κ2) is 6.33. The van der Waals surface area contributed by atoms with Crippen LogP contribution in [0.5, 0.6) is 0 Å². The van der Waals surface area contributed by atoms with Gasteiger partial charge in [0.1, 0.15) is 5.01 Å². The van der Waals surface area contributed by atoms with Crippen molar-refractivity contribution in [2.45, 2.75) is 19.9 Å². The smallest absolute Gasteiger partial charge is 0.112 e. The maximum absolute atomic E-state index is 7.37. The molecule has 0 aliphatic carbocycles. The molecule has 1 aromatic heterocycles. The standard InChI is InChI=1S/C14H18N4S/c1-11-10-19-14(17-11)9-18(8-7-13(15)16)12-5-3-2-4-6-12/h2-6,10H,7-9H2,1H3,(H3,15,16). The van der Waals surface area contributed by atoms with E-state index in [0.717, 1.165) is 29.5 Å². The van der Waals surface area contributed by atoms with E-state index in [1.165, 1.54) is 0 Å². The van der Waals surface area contributed by atoms with Crippen molar-refractivity contribution in [3.63, 3.8) is 0 Å². The zero-order valence-electron chi connectivity index (χ0n) is 11.0. The van der Waals surface area contributed by atoms with E-state index in [1.54, 1.807) is 11.3 Å². The summed E-state index contributed by atoms with van der Waals surface area (Å²) in [5, 5.41) is 10.5. The molecule has 0 atom stereocenters. The van der Waals surface area contributed by atoms with Crippen molar-refractivity contribution >= 4 is 22.9 Å². The molecule has 0 aliphatic rings. The van der Waals surface area contributed by atoms with Crippen LogP contribution < -0.4 is 10.6 Å². The number of rotatable bonds is 6. The first-order valence-electron chi connectivity index (χ1n) is 6.19. The van der Waals surface area contributed by atoms with E-state index >= 15 is 0 Å². The minimum Gasteiger partial charge on any atom is -0.388 e. The average molecular weight is 274 g/mol. The van der Waals surface area contributed by atoms with Crippen molar-refractivity contribution in [3.05, 3.63) is 46.4 Å². The fraction of sp³-hybridized carbons (Fsp3) is 0.286. The Labute approximate surface area is 117 Å². The molecule has 0 spiro atoms. The van der Waals surface area contributed by atoms with Gasteiger partial charge in [0.2, 0.25) is 0 Å². The number of nitrogens with two attached hydrogens (primary N) is 1. The maximum atomic E-state index is 7.37. The molecule has 0 unspecified atom stereocenters. The fourth-order valence-electron chi connectivity index (χ4n) is 1.83. The van der Waals surface area contributed by atoms with Crippen LogP contribution in [0.4, 0.5) is 5.69 Å². The lowest BCUT2D eigenvalue weighted by atomic mass is 10.2. The number of para-hydroxylation sites is 1. The molecular weight excluding hydrogens is 256 g/mol. The molecule has 0 amide bonds. The van der Waals surface area contributed by atoms with Crippen molar-refractivity contribution in [2.24, 2.45) is 5.73 Å². The summed E-state index contributed by atoms with van der Waals surface area (Å²) in [5.41, 5.74) is 7.65. The van der Waals surface area contributed by atoms with Crippen LogP contribution >= 0.6 is 11.3 Å². The Balaban J connectivity index is 2.12. The number of aromatic nitrogens is 1. The third-order valence-electron chi connectivity index (χ3n) is 2.77. The van der Waals surface area contributed by atoms with Crippen LogP contribution in [0.25, 0.3) is 0 Å². The number of anilines is 1. The molecule has 1 aromatic carbocycles. The molecule has 0 bridgehead atoms. The summed E-state index contributed by atoms with van der Waals surface area (Å²) in [5.74, 6) is 0.219. The highest BCUT2D eigenvalue weighted by molar-refractivity contribution is 7.09. The van der Waals surface area contributed by atoms with E-state index in [1.807, 2.05) is 25.1 Å². The van der Waals surface area contributed by atoms with Gasteiger partial charge in [-0.1, -0.05) is 18.2 Å². The Hall–Kier alpha value is -1.88. The Bertz CT molecular complexity index is 535. The highest BCUT2D eigenvalue weighted by Crippen LogP contribution is 2.19. The minimum atomic E-state index is 0.219. The molecular formula is C14H18N4S. The summed E-state index contributed by atoms with van der Waals surface area (Å²) in [6.07, 6.45) is 0.569. The van der Waals surface area contributed by atoms with Crippen LogP contribution in [-0.2, 0) is 6.54 Å². The van der Waals surface area contributed by atoms with Crippen LogP contribution in [0.1, 0.15) is 17.1 Å². The van der Waals surface area contributed by atoms with Gasteiger partial charge >= 0.3 is 0 Å². The van der Waals surface area contributed by atoms with Gasteiger partial charge in [-0.2, -0.15) is 0 Å². The summed E-state index contributed by atoms with van der Waals surface area (Å²) in [6, 6.07) is 10.2. The molecule has 19 heavy (non-hydrogen) atoms. The van der Waals surface area contributed by atoms with Gasteiger partial charge in [0.15, 0.2) is 0 Å².